The van der Waals surface area contributed by atoms with Crippen molar-refractivity contribution in [3.05, 3.63) is 60.2 Å². The molecule has 23 heavy (non-hydrogen) atoms. The van der Waals surface area contributed by atoms with E-state index in [-0.39, 0.29) is 18.4 Å². The Morgan fingerprint density at radius 1 is 0.913 bits per heavy atom. The highest BCUT2D eigenvalue weighted by Crippen LogP contribution is 2.25. The Morgan fingerprint density at radius 3 is 2.04 bits per heavy atom. The molecule has 3 nitrogen and oxygen atoms in total. The highest BCUT2D eigenvalue weighted by molar-refractivity contribution is 5.85. The van der Waals surface area contributed by atoms with E-state index in [4.69, 9.17) is 10.5 Å². The van der Waals surface area contributed by atoms with E-state index in [0.29, 0.717) is 5.92 Å². The molecule has 0 radical (unpaired) electrons. The van der Waals surface area contributed by atoms with E-state index in [9.17, 15) is 5.11 Å². The van der Waals surface area contributed by atoms with Crippen LogP contribution in [0, 0.1) is 5.92 Å². The summed E-state index contributed by atoms with van der Waals surface area (Å²) in [5.74, 6) is 2.14. The quantitative estimate of drug-likeness (QED) is 0.771. The average molecular weight is 336 g/mol. The van der Waals surface area contributed by atoms with Gasteiger partial charge in [-0.25, -0.2) is 0 Å². The van der Waals surface area contributed by atoms with Crippen molar-refractivity contribution in [1.82, 2.24) is 0 Å². The summed E-state index contributed by atoms with van der Waals surface area (Å²) < 4.78 is 5.75. The van der Waals surface area contributed by atoms with Gasteiger partial charge in [-0.2, -0.15) is 0 Å². The number of hydrogen-bond donors (Lipinski definition) is 2. The lowest BCUT2D eigenvalue weighted by Gasteiger charge is -2.20. The van der Waals surface area contributed by atoms with Crippen LogP contribution >= 0.6 is 12.4 Å². The number of ether oxygens (including phenoxy) is 1. The molecule has 2 rings (SSSR count). The Labute approximate surface area is 144 Å². The number of halogens is 1. The van der Waals surface area contributed by atoms with E-state index >= 15 is 0 Å². The van der Waals surface area contributed by atoms with Gasteiger partial charge in [0.2, 0.25) is 0 Å². The molecule has 0 aliphatic carbocycles. The van der Waals surface area contributed by atoms with Gasteiger partial charge in [0, 0.05) is 0 Å². The molecule has 0 spiro atoms. The smallest absolute Gasteiger partial charge is 0.127 e. The number of nitrogens with two attached hydrogens (primary N) is 1. The SMILES string of the molecule is CC(C)CC[C@H](O)[C@H](N)c1ccc(Oc2ccccc2)cc1.Cl. The van der Waals surface area contributed by atoms with E-state index < -0.39 is 6.10 Å². The van der Waals surface area contributed by atoms with E-state index in [0.717, 1.165) is 29.9 Å². The first-order valence-corrected chi connectivity index (χ1v) is 7.83. The normalized spacial score (nSPS) is 13.3. The second kappa shape index (κ2) is 9.56. The summed E-state index contributed by atoms with van der Waals surface area (Å²) in [5, 5.41) is 10.2. The predicted molar refractivity (Wildman–Crippen MR) is 97.2 cm³/mol. The first kappa shape index (κ1) is 19.5. The zero-order valence-corrected chi connectivity index (χ0v) is 14.5. The lowest BCUT2D eigenvalue weighted by atomic mass is 9.96. The van der Waals surface area contributed by atoms with Crippen molar-refractivity contribution < 1.29 is 9.84 Å². The molecule has 2 aromatic carbocycles. The number of rotatable bonds is 7. The minimum atomic E-state index is -0.511. The first-order valence-electron chi connectivity index (χ1n) is 7.83. The maximum Gasteiger partial charge on any atom is 0.127 e. The monoisotopic (exact) mass is 335 g/mol. The Hall–Kier alpha value is -1.55. The zero-order chi connectivity index (χ0) is 15.9. The molecule has 2 atom stereocenters. The Bertz CT molecular complexity index is 557. The molecule has 126 valence electrons. The van der Waals surface area contributed by atoms with Crippen LogP contribution in [0.4, 0.5) is 0 Å². The van der Waals surface area contributed by atoms with Crippen LogP contribution in [0.25, 0.3) is 0 Å². The number of hydrogen-bond acceptors (Lipinski definition) is 3. The second-order valence-electron chi connectivity index (χ2n) is 6.05. The van der Waals surface area contributed by atoms with Crippen molar-refractivity contribution >= 4 is 12.4 Å². The fourth-order valence-electron chi connectivity index (χ4n) is 2.29. The first-order chi connectivity index (χ1) is 10.6. The highest BCUT2D eigenvalue weighted by Gasteiger charge is 2.17. The van der Waals surface area contributed by atoms with Gasteiger partial charge < -0.3 is 15.6 Å². The van der Waals surface area contributed by atoms with Gasteiger partial charge in [0.1, 0.15) is 11.5 Å². The highest BCUT2D eigenvalue weighted by atomic mass is 35.5. The van der Waals surface area contributed by atoms with E-state index in [1.807, 2.05) is 54.6 Å². The van der Waals surface area contributed by atoms with Gasteiger partial charge in [0.25, 0.3) is 0 Å². The van der Waals surface area contributed by atoms with Gasteiger partial charge in [-0.1, -0.05) is 44.2 Å². The molecule has 0 saturated heterocycles. The summed E-state index contributed by atoms with van der Waals surface area (Å²) in [4.78, 5) is 0. The maximum absolute atomic E-state index is 10.2. The van der Waals surface area contributed by atoms with Crippen LogP contribution in [-0.2, 0) is 0 Å². The van der Waals surface area contributed by atoms with E-state index in [1.165, 1.54) is 0 Å². The minimum absolute atomic E-state index is 0. The summed E-state index contributed by atoms with van der Waals surface area (Å²) in [6.07, 6.45) is 1.19. The molecule has 0 amide bonds. The molecule has 3 N–H and O–H groups in total. The average Bonchev–Trinajstić information content (AvgIpc) is 2.53. The summed E-state index contributed by atoms with van der Waals surface area (Å²) in [6, 6.07) is 16.9. The third-order valence-corrected chi connectivity index (χ3v) is 3.70. The van der Waals surface area contributed by atoms with Crippen LogP contribution in [0.1, 0.15) is 38.3 Å². The Balaban J connectivity index is 0.00000264. The van der Waals surface area contributed by atoms with Crippen molar-refractivity contribution in [2.45, 2.75) is 38.8 Å². The van der Waals surface area contributed by atoms with Crippen molar-refractivity contribution in [1.29, 1.82) is 0 Å². The Morgan fingerprint density at radius 2 is 1.48 bits per heavy atom. The number of aliphatic hydroxyl groups is 1. The lowest BCUT2D eigenvalue weighted by Crippen LogP contribution is -2.26. The third-order valence-electron chi connectivity index (χ3n) is 3.70. The van der Waals surface area contributed by atoms with Gasteiger partial charge in [0.05, 0.1) is 12.1 Å². The fraction of sp³-hybridized carbons (Fsp3) is 0.368. The van der Waals surface area contributed by atoms with Crippen LogP contribution in [0.2, 0.25) is 0 Å². The number of benzene rings is 2. The Kier molecular flexibility index (Phi) is 8.10. The van der Waals surface area contributed by atoms with Gasteiger partial charge in [-0.15, -0.1) is 12.4 Å². The zero-order valence-electron chi connectivity index (χ0n) is 13.7. The molecule has 0 heterocycles. The number of aliphatic hydroxyl groups excluding tert-OH is 1. The summed E-state index contributed by atoms with van der Waals surface area (Å²) in [7, 11) is 0. The van der Waals surface area contributed by atoms with Gasteiger partial charge in [-0.3, -0.25) is 0 Å². The van der Waals surface area contributed by atoms with Crippen molar-refractivity contribution in [2.24, 2.45) is 11.7 Å². The molecule has 2 aromatic rings. The van der Waals surface area contributed by atoms with E-state index in [2.05, 4.69) is 13.8 Å². The predicted octanol–water partition coefficient (Wildman–Crippen LogP) is 4.70. The molecule has 0 saturated carbocycles. The van der Waals surface area contributed by atoms with Gasteiger partial charge >= 0.3 is 0 Å². The van der Waals surface area contributed by atoms with Crippen LogP contribution in [0.5, 0.6) is 11.5 Å². The van der Waals surface area contributed by atoms with Crippen LogP contribution in [0.15, 0.2) is 54.6 Å². The van der Waals surface area contributed by atoms with Crippen LogP contribution in [0.3, 0.4) is 0 Å². The van der Waals surface area contributed by atoms with E-state index in [1.54, 1.807) is 0 Å². The van der Waals surface area contributed by atoms with Gasteiger partial charge in [0.15, 0.2) is 0 Å². The van der Waals surface area contributed by atoms with Crippen molar-refractivity contribution in [2.75, 3.05) is 0 Å². The van der Waals surface area contributed by atoms with Crippen molar-refractivity contribution in [3.63, 3.8) is 0 Å². The molecule has 0 aliphatic heterocycles. The molecule has 0 bridgehead atoms. The number of para-hydroxylation sites is 1. The van der Waals surface area contributed by atoms with Gasteiger partial charge in [-0.05, 0) is 48.6 Å². The fourth-order valence-corrected chi connectivity index (χ4v) is 2.29. The molecule has 0 aliphatic rings. The minimum Gasteiger partial charge on any atom is -0.457 e. The summed E-state index contributed by atoms with van der Waals surface area (Å²) in [6.45, 7) is 4.29. The third kappa shape index (κ3) is 6.22. The second-order valence-corrected chi connectivity index (χ2v) is 6.05. The largest absolute Gasteiger partial charge is 0.457 e. The standard InChI is InChI=1S/C19H25NO2.ClH/c1-14(2)8-13-18(21)19(20)15-9-11-17(12-10-15)22-16-6-4-3-5-7-16;/h3-7,9-12,14,18-19,21H,8,13,20H2,1-2H3;1H/t18-,19+;/m0./s1. The molecule has 0 aromatic heterocycles. The molecule has 0 unspecified atom stereocenters. The molecular formula is C19H26ClNO2. The van der Waals surface area contributed by atoms with Crippen molar-refractivity contribution in [3.8, 4) is 11.5 Å². The maximum atomic E-state index is 10.2. The lowest BCUT2D eigenvalue weighted by molar-refractivity contribution is 0.128. The topological polar surface area (TPSA) is 55.5 Å². The summed E-state index contributed by atoms with van der Waals surface area (Å²) in [5.41, 5.74) is 7.06. The molecule has 4 heteroatoms. The molecular weight excluding hydrogens is 310 g/mol. The summed E-state index contributed by atoms with van der Waals surface area (Å²) >= 11 is 0. The molecule has 0 fully saturated rings. The van der Waals surface area contributed by atoms with Crippen LogP contribution < -0.4 is 10.5 Å². The van der Waals surface area contributed by atoms with Crippen LogP contribution in [-0.4, -0.2) is 11.2 Å².